The van der Waals surface area contributed by atoms with Crippen molar-refractivity contribution in [2.45, 2.75) is 69.2 Å². The molecule has 5 heteroatoms. The molecule has 206 valence electrons. The first-order chi connectivity index (χ1) is 15.0. The van der Waals surface area contributed by atoms with Crippen molar-refractivity contribution < 1.29 is 39.0 Å². The van der Waals surface area contributed by atoms with Gasteiger partial charge in [-0.2, -0.15) is 55.6 Å². The molecule has 0 N–H and O–H groups in total. The van der Waals surface area contributed by atoms with Crippen LogP contribution in [0.1, 0.15) is 55.6 Å². The van der Waals surface area contributed by atoms with E-state index in [-0.39, 0.29) is 39.0 Å². The van der Waals surface area contributed by atoms with Gasteiger partial charge in [0.05, 0.1) is 0 Å². The topological polar surface area (TPSA) is 0 Å². The van der Waals surface area contributed by atoms with E-state index in [0.29, 0.717) is 15.8 Å². The van der Waals surface area contributed by atoms with Crippen LogP contribution in [0.25, 0.3) is 0 Å². The zero-order chi connectivity index (χ0) is 27.0. The van der Waals surface area contributed by atoms with E-state index < -0.39 is 0 Å². The fraction of sp³-hybridized carbons (Fsp3) is 0.533. The minimum atomic E-state index is 0. The first-order valence-electron chi connectivity index (χ1n) is 11.4. The summed E-state index contributed by atoms with van der Waals surface area (Å²) < 4.78 is 0. The Kier molecular flexibility index (Phi) is 32.2. The van der Waals surface area contributed by atoms with E-state index >= 15 is 0 Å². The molecule has 0 fully saturated rings. The molecule has 0 spiro atoms. The van der Waals surface area contributed by atoms with Gasteiger partial charge < -0.3 is 12.6 Å². The Bertz CT molecular complexity index is 613. The third-order valence-corrected chi connectivity index (χ3v) is 5.97. The molecule has 0 bridgehead atoms. The van der Waals surface area contributed by atoms with Crippen molar-refractivity contribution in [3.63, 3.8) is 0 Å². The van der Waals surface area contributed by atoms with Gasteiger partial charge in [0.1, 0.15) is 0 Å². The molecule has 0 heterocycles. The molecule has 0 aliphatic heterocycles. The van der Waals surface area contributed by atoms with Crippen LogP contribution in [-0.2, 0) is 51.6 Å². The maximum atomic E-state index is 4.86. The summed E-state index contributed by atoms with van der Waals surface area (Å²) in [6.45, 7) is 40.2. The molecular weight excluding hydrogens is 660 g/mol. The molecule has 0 nitrogen and oxygen atoms in total. The van der Waals surface area contributed by atoms with Crippen LogP contribution in [0, 0.1) is 75.8 Å². The standard InChI is InChI=1S/2C10H15.C4H5S.2C3H9P.2Rh/c2*1-6-7(2)9(4)10(5)8(6)3;1-2-3-4-5;2*1-4(2)3;;/h2*1-5H3;1-5H;2*1-3H3;;/q3*-1;;;2*+2/p-1/b;;4-3-;;;;. The van der Waals surface area contributed by atoms with Gasteiger partial charge in [0.25, 0.3) is 0 Å². The summed E-state index contributed by atoms with van der Waals surface area (Å²) in [5.74, 6) is 0. The van der Waals surface area contributed by atoms with Gasteiger partial charge in [-0.25, -0.2) is 12.2 Å². The molecule has 0 aromatic heterocycles. The van der Waals surface area contributed by atoms with Crippen LogP contribution >= 0.6 is 15.8 Å². The average Bonchev–Trinajstić information content (AvgIpc) is 2.99. The molecule has 0 unspecified atom stereocenters. The molecule has 0 atom stereocenters. The minimum absolute atomic E-state index is 0. The summed E-state index contributed by atoms with van der Waals surface area (Å²) in [6, 6.07) is 0. The van der Waals surface area contributed by atoms with Gasteiger partial charge >= 0.3 is 39.0 Å². The molecule has 0 amide bonds. The van der Waals surface area contributed by atoms with E-state index in [0.717, 1.165) is 0 Å². The summed E-state index contributed by atoms with van der Waals surface area (Å²) >= 11 is 4.36. The van der Waals surface area contributed by atoms with Crippen LogP contribution in [0.5, 0.6) is 0 Å². The number of rotatable bonds is 1. The van der Waals surface area contributed by atoms with Gasteiger partial charge in [0.15, 0.2) is 0 Å². The monoisotopic (exact) mass is 712 g/mol. The van der Waals surface area contributed by atoms with Crippen LogP contribution in [0.15, 0.2) is 17.6 Å². The second-order valence-corrected chi connectivity index (χ2v) is 15.1. The summed E-state index contributed by atoms with van der Waals surface area (Å²) in [5.41, 5.74) is 14.7. The van der Waals surface area contributed by atoms with Crippen molar-refractivity contribution in [2.75, 3.05) is 40.0 Å². The summed E-state index contributed by atoms with van der Waals surface area (Å²) in [6.07, 6.45) is 2.99. The summed E-state index contributed by atoms with van der Waals surface area (Å²) in [4.78, 5) is 0. The van der Waals surface area contributed by atoms with E-state index in [1.165, 1.54) is 67.1 Å². The van der Waals surface area contributed by atoms with Crippen LogP contribution in [-0.4, -0.2) is 40.0 Å². The van der Waals surface area contributed by atoms with E-state index in [2.05, 4.69) is 122 Å². The number of allylic oxidation sites excluding steroid dienone is 2. The molecule has 0 aliphatic carbocycles. The molecule has 2 radical (unpaired) electrons. The summed E-state index contributed by atoms with van der Waals surface area (Å²) in [5, 5.41) is 1.46. The van der Waals surface area contributed by atoms with Gasteiger partial charge in [0.2, 0.25) is 0 Å². The predicted molar refractivity (Wildman–Crippen MR) is 166 cm³/mol. The van der Waals surface area contributed by atoms with Crippen LogP contribution in [0.4, 0.5) is 0 Å². The first kappa shape index (κ1) is 45.4. The normalized spacial score (nSPS) is 9.31. The molecule has 2 rings (SSSR count). The Morgan fingerprint density at radius 3 is 0.771 bits per heavy atom. The largest absolute Gasteiger partial charge is 2.00 e. The fourth-order valence-corrected chi connectivity index (χ4v) is 2.95. The molecule has 0 saturated heterocycles. The second kappa shape index (κ2) is 24.8. The number of hydrogen-bond acceptors (Lipinski definition) is 1. The van der Waals surface area contributed by atoms with Gasteiger partial charge in [0, 0.05) is 0 Å². The summed E-state index contributed by atoms with van der Waals surface area (Å²) in [7, 11) is 0.759. The Morgan fingerprint density at radius 1 is 0.571 bits per heavy atom. The maximum absolute atomic E-state index is 4.86. The molecule has 0 aliphatic rings. The van der Waals surface area contributed by atoms with E-state index in [1.807, 2.05) is 0 Å². The number of hydrogen-bond donors (Lipinski definition) is 0. The van der Waals surface area contributed by atoms with Crippen LogP contribution in [0.3, 0.4) is 0 Å². The van der Waals surface area contributed by atoms with E-state index in [1.54, 1.807) is 6.08 Å². The zero-order valence-corrected chi connectivity index (χ0v) is 31.2. The van der Waals surface area contributed by atoms with E-state index in [4.69, 9.17) is 6.58 Å². The fourth-order valence-electron chi connectivity index (χ4n) is 2.86. The first-order valence-corrected chi connectivity index (χ1v) is 17.3. The van der Waals surface area contributed by atoms with Crippen molar-refractivity contribution in [1.29, 1.82) is 0 Å². The Morgan fingerprint density at radius 2 is 0.743 bits per heavy atom. The van der Waals surface area contributed by atoms with Crippen molar-refractivity contribution in [2.24, 2.45) is 0 Å². The van der Waals surface area contributed by atoms with Gasteiger partial charge in [-0.3, -0.25) is 12.0 Å². The molecule has 2 aromatic rings. The van der Waals surface area contributed by atoms with Crippen molar-refractivity contribution in [3.8, 4) is 0 Å². The van der Waals surface area contributed by atoms with Crippen molar-refractivity contribution in [3.05, 3.63) is 79.8 Å². The SMILES string of the molecule is CP(C)C.CP(C)C.Cc1c(C)c(C)[c-](C)c1C.Cc1c(C)c(C)[c-](C)c1C.[CH-]=C/C=C\[S-].[Rh+2].[Rh+2]. The van der Waals surface area contributed by atoms with Gasteiger partial charge in [-0.05, 0) is 40.0 Å². The molecular formula is C30H52P2Rh2S. The smallest absolute Gasteiger partial charge is 0.806 e. The Labute approximate surface area is 254 Å². The minimum Gasteiger partial charge on any atom is -0.806 e. The molecule has 2 aromatic carbocycles. The maximum Gasteiger partial charge on any atom is 2.00 e. The van der Waals surface area contributed by atoms with E-state index in [9.17, 15) is 0 Å². The zero-order valence-electron chi connectivity index (χ0n) is 25.3. The Hall–Kier alpha value is 0.507. The van der Waals surface area contributed by atoms with Gasteiger partial charge in [-0.15, -0.1) is 15.8 Å². The quantitative estimate of drug-likeness (QED) is 0.0934. The third kappa shape index (κ3) is 20.2. The molecule has 35 heavy (non-hydrogen) atoms. The second-order valence-electron chi connectivity index (χ2n) is 9.45. The van der Waals surface area contributed by atoms with Crippen molar-refractivity contribution >= 4 is 28.5 Å². The average molecular weight is 713 g/mol. The molecule has 0 saturated carbocycles. The van der Waals surface area contributed by atoms with Crippen molar-refractivity contribution in [1.82, 2.24) is 0 Å². The predicted octanol–water partition coefficient (Wildman–Crippen LogP) is 9.64. The van der Waals surface area contributed by atoms with Gasteiger partial charge in [-0.1, -0.05) is 69.2 Å². The van der Waals surface area contributed by atoms with Crippen LogP contribution < -0.4 is 0 Å². The third-order valence-electron chi connectivity index (χ3n) is 5.81. The Balaban J connectivity index is -0.000000113. The van der Waals surface area contributed by atoms with Crippen LogP contribution in [0.2, 0.25) is 0 Å².